The highest BCUT2D eigenvalue weighted by molar-refractivity contribution is 6.15. The van der Waals surface area contributed by atoms with Crippen LogP contribution in [0.4, 0.5) is 13.2 Å². The van der Waals surface area contributed by atoms with Crippen molar-refractivity contribution in [3.05, 3.63) is 66.2 Å². The Morgan fingerprint density at radius 3 is 2.32 bits per heavy atom. The smallest absolute Gasteiger partial charge is 0.353 e. The van der Waals surface area contributed by atoms with E-state index >= 15 is 0 Å². The van der Waals surface area contributed by atoms with Crippen LogP contribution in [0.15, 0.2) is 60.7 Å². The van der Waals surface area contributed by atoms with Crippen LogP contribution in [0.1, 0.15) is 5.56 Å². The van der Waals surface area contributed by atoms with Crippen molar-refractivity contribution in [2.24, 2.45) is 0 Å². The molecule has 2 nitrogen and oxygen atoms in total. The van der Waals surface area contributed by atoms with Gasteiger partial charge >= 0.3 is 6.18 Å². The summed E-state index contributed by atoms with van der Waals surface area (Å²) in [4.78, 5) is 7.76. The molecule has 5 rings (SSSR count). The van der Waals surface area contributed by atoms with E-state index in [-0.39, 0.29) is 5.39 Å². The molecule has 1 aliphatic heterocycles. The van der Waals surface area contributed by atoms with Crippen molar-refractivity contribution in [3.63, 3.8) is 0 Å². The van der Waals surface area contributed by atoms with Crippen molar-refractivity contribution >= 4 is 32.7 Å². The van der Waals surface area contributed by atoms with Gasteiger partial charge in [-0.05, 0) is 18.2 Å². The summed E-state index contributed by atoms with van der Waals surface area (Å²) in [6, 6.07) is 17.2. The van der Waals surface area contributed by atoms with E-state index in [0.29, 0.717) is 27.7 Å². The summed E-state index contributed by atoms with van der Waals surface area (Å²) in [5.41, 5.74) is 2.48. The minimum absolute atomic E-state index is 0.168. The molecule has 0 amide bonds. The van der Waals surface area contributed by atoms with E-state index in [0.717, 1.165) is 10.9 Å². The van der Waals surface area contributed by atoms with Gasteiger partial charge in [-0.2, -0.15) is 13.2 Å². The van der Waals surface area contributed by atoms with E-state index in [1.807, 2.05) is 24.3 Å². The van der Waals surface area contributed by atoms with Crippen molar-refractivity contribution in [3.8, 4) is 11.3 Å². The molecule has 0 fully saturated rings. The van der Waals surface area contributed by atoms with Gasteiger partial charge in [0.15, 0.2) is 0 Å². The third-order valence-electron chi connectivity index (χ3n) is 4.62. The lowest BCUT2D eigenvalue weighted by atomic mass is 10.1. The Morgan fingerprint density at radius 2 is 1.52 bits per heavy atom. The Kier molecular flexibility index (Phi) is 2.70. The fraction of sp³-hybridized carbons (Fsp3) is 0.0500. The fourth-order valence-corrected chi connectivity index (χ4v) is 3.55. The molecule has 2 aliphatic rings. The van der Waals surface area contributed by atoms with Crippen LogP contribution >= 0.6 is 0 Å². The third kappa shape index (κ3) is 1.95. The molecule has 122 valence electrons. The van der Waals surface area contributed by atoms with Crippen molar-refractivity contribution in [2.45, 2.75) is 6.18 Å². The van der Waals surface area contributed by atoms with Crippen molar-refractivity contribution in [1.82, 2.24) is 9.97 Å². The Hall–Kier alpha value is -3.08. The summed E-state index contributed by atoms with van der Waals surface area (Å²) in [5, 5.41) is 1.57. The van der Waals surface area contributed by atoms with Crippen molar-refractivity contribution in [1.29, 1.82) is 0 Å². The molecule has 0 saturated carbocycles. The van der Waals surface area contributed by atoms with E-state index in [2.05, 4.69) is 9.97 Å². The molecular weight excluding hydrogens is 325 g/mol. The second-order valence-corrected chi connectivity index (χ2v) is 6.06. The number of aromatic amines is 1. The molecule has 0 unspecified atom stereocenters. The van der Waals surface area contributed by atoms with Crippen LogP contribution in [0.25, 0.3) is 44.0 Å². The van der Waals surface area contributed by atoms with Gasteiger partial charge in [0.2, 0.25) is 0 Å². The minimum atomic E-state index is -4.45. The zero-order valence-corrected chi connectivity index (χ0v) is 12.9. The lowest BCUT2D eigenvalue weighted by molar-refractivity contribution is -0.136. The average molecular weight is 336 g/mol. The monoisotopic (exact) mass is 336 g/mol. The molecule has 1 aromatic heterocycles. The molecule has 25 heavy (non-hydrogen) atoms. The molecule has 0 bridgehead atoms. The van der Waals surface area contributed by atoms with Gasteiger partial charge in [0.25, 0.3) is 0 Å². The lowest BCUT2D eigenvalue weighted by Crippen LogP contribution is -2.04. The zero-order chi connectivity index (χ0) is 17.2. The molecule has 2 aromatic carbocycles. The number of para-hydroxylation sites is 2. The molecule has 3 aromatic rings. The SMILES string of the molecule is FC(F)(F)c1ccc2c3ccccc3nc-2c2[nH]c3ccccc3c12. The molecule has 0 spiro atoms. The second kappa shape index (κ2) is 4.72. The van der Waals surface area contributed by atoms with Gasteiger partial charge in [-0.25, -0.2) is 4.98 Å². The summed E-state index contributed by atoms with van der Waals surface area (Å²) in [7, 11) is 0. The van der Waals surface area contributed by atoms with Gasteiger partial charge in [-0.1, -0.05) is 42.5 Å². The Balaban J connectivity index is 2.08. The number of hydrogen-bond acceptors (Lipinski definition) is 1. The maximum absolute atomic E-state index is 13.7. The molecule has 2 heterocycles. The van der Waals surface area contributed by atoms with Gasteiger partial charge in [0.05, 0.1) is 22.3 Å². The quantitative estimate of drug-likeness (QED) is 0.369. The standard InChI is InChI=1S/C20H11F3N2/c21-20(22,23)14-10-9-12-11-5-1-3-7-15(11)24-18(12)19-17(14)13-6-2-4-8-16(13)25-19/h1-10,25H. The van der Waals surface area contributed by atoms with E-state index in [4.69, 9.17) is 0 Å². The van der Waals surface area contributed by atoms with E-state index in [1.165, 1.54) is 12.1 Å². The van der Waals surface area contributed by atoms with E-state index < -0.39 is 11.7 Å². The number of nitrogens with one attached hydrogen (secondary N) is 1. The first-order valence-electron chi connectivity index (χ1n) is 7.83. The fourth-order valence-electron chi connectivity index (χ4n) is 3.55. The van der Waals surface area contributed by atoms with Gasteiger partial charge in [0, 0.05) is 27.2 Å². The zero-order valence-electron chi connectivity index (χ0n) is 12.9. The van der Waals surface area contributed by atoms with Crippen LogP contribution in [-0.2, 0) is 6.18 Å². The number of halogens is 3. The molecule has 1 aliphatic carbocycles. The van der Waals surface area contributed by atoms with Crippen molar-refractivity contribution in [2.75, 3.05) is 0 Å². The second-order valence-electron chi connectivity index (χ2n) is 6.06. The van der Waals surface area contributed by atoms with Crippen molar-refractivity contribution < 1.29 is 13.2 Å². The number of fused-ring (bicyclic) bond motifs is 7. The predicted molar refractivity (Wildman–Crippen MR) is 92.7 cm³/mol. The van der Waals surface area contributed by atoms with Crippen LogP contribution in [-0.4, -0.2) is 9.97 Å². The van der Waals surface area contributed by atoms with E-state index in [9.17, 15) is 13.2 Å². The first-order chi connectivity index (χ1) is 12.0. The highest BCUT2D eigenvalue weighted by Gasteiger charge is 2.34. The highest BCUT2D eigenvalue weighted by Crippen LogP contribution is 2.43. The van der Waals surface area contributed by atoms with Crippen LogP contribution < -0.4 is 0 Å². The molecule has 1 N–H and O–H groups in total. The van der Waals surface area contributed by atoms with Gasteiger partial charge in [0.1, 0.15) is 0 Å². The Labute approximate surface area is 140 Å². The number of aromatic nitrogens is 2. The summed E-state index contributed by atoms with van der Waals surface area (Å²) >= 11 is 0. The Morgan fingerprint density at radius 1 is 0.800 bits per heavy atom. The van der Waals surface area contributed by atoms with Gasteiger partial charge < -0.3 is 4.98 Å². The normalized spacial score (nSPS) is 12.6. The molecule has 0 saturated heterocycles. The maximum atomic E-state index is 13.7. The summed E-state index contributed by atoms with van der Waals surface area (Å²) < 4.78 is 41.2. The Bertz CT molecular complexity index is 1230. The number of H-pyrrole nitrogens is 1. The molecule has 0 atom stereocenters. The molecule has 5 heteroatoms. The van der Waals surface area contributed by atoms with Crippen LogP contribution in [0, 0.1) is 0 Å². The first-order valence-corrected chi connectivity index (χ1v) is 7.83. The largest absolute Gasteiger partial charge is 0.417 e. The van der Waals surface area contributed by atoms with Crippen LogP contribution in [0.2, 0.25) is 0 Å². The minimum Gasteiger partial charge on any atom is -0.353 e. The summed E-state index contributed by atoms with van der Waals surface area (Å²) in [6.45, 7) is 0. The van der Waals surface area contributed by atoms with Gasteiger partial charge in [-0.15, -0.1) is 0 Å². The predicted octanol–water partition coefficient (Wildman–Crippen LogP) is 5.99. The highest BCUT2D eigenvalue weighted by atomic mass is 19.4. The summed E-state index contributed by atoms with van der Waals surface area (Å²) in [5.74, 6) is 0. The van der Waals surface area contributed by atoms with Gasteiger partial charge in [-0.3, -0.25) is 0 Å². The molecular formula is C20H11F3N2. The topological polar surface area (TPSA) is 28.7 Å². The number of nitrogens with zero attached hydrogens (tertiary/aromatic N) is 1. The van der Waals surface area contributed by atoms with E-state index in [1.54, 1.807) is 24.3 Å². The number of hydrogen-bond donors (Lipinski definition) is 1. The molecule has 0 radical (unpaired) electrons. The third-order valence-corrected chi connectivity index (χ3v) is 4.62. The average Bonchev–Trinajstić information content (AvgIpc) is 3.09. The van der Waals surface area contributed by atoms with Crippen LogP contribution in [0.3, 0.4) is 0 Å². The van der Waals surface area contributed by atoms with Crippen LogP contribution in [0.5, 0.6) is 0 Å². The lowest BCUT2D eigenvalue weighted by Gasteiger charge is -2.05. The number of rotatable bonds is 0. The first kappa shape index (κ1) is 14.3. The number of alkyl halides is 3. The summed E-state index contributed by atoms with van der Waals surface area (Å²) in [6.07, 6.45) is -4.45. The maximum Gasteiger partial charge on any atom is 0.417 e. The number of benzene rings is 2.